The molecule has 27 heavy (non-hydrogen) atoms. The molecule has 4 rings (SSSR count). The molecule has 1 fully saturated rings. The molecular weight excluding hydrogens is 358 g/mol. The standard InChI is InChI=1S/C21H24ClN5/c1-2-26-11-3-4-18(26)14-27(13-16-7-9-23-10-8-16)21-19-6-5-17(22)12-20(19)24-15-25-21/h5-10,12,15,18H,2-4,11,13-14H2,1H3. The monoisotopic (exact) mass is 381 g/mol. The average Bonchev–Trinajstić information content (AvgIpc) is 3.15. The SMILES string of the molecule is CCN1CCCC1CN(Cc1ccncc1)c1ncnc2cc(Cl)ccc12. The Bertz CT molecular complexity index is 901. The van der Waals surface area contributed by atoms with Gasteiger partial charge in [-0.25, -0.2) is 9.97 Å². The molecule has 1 saturated heterocycles. The highest BCUT2D eigenvalue weighted by molar-refractivity contribution is 6.31. The summed E-state index contributed by atoms with van der Waals surface area (Å²) in [4.78, 5) is 18.2. The summed E-state index contributed by atoms with van der Waals surface area (Å²) < 4.78 is 0. The minimum Gasteiger partial charge on any atom is -0.350 e. The summed E-state index contributed by atoms with van der Waals surface area (Å²) in [7, 11) is 0. The van der Waals surface area contributed by atoms with Crippen molar-refractivity contribution >= 4 is 28.3 Å². The highest BCUT2D eigenvalue weighted by Gasteiger charge is 2.26. The van der Waals surface area contributed by atoms with E-state index in [1.165, 1.54) is 24.9 Å². The first-order chi connectivity index (χ1) is 13.2. The zero-order chi connectivity index (χ0) is 18.6. The van der Waals surface area contributed by atoms with Crippen LogP contribution in [0.4, 0.5) is 5.82 Å². The molecule has 1 atom stereocenters. The maximum absolute atomic E-state index is 6.17. The van der Waals surface area contributed by atoms with Crippen LogP contribution in [-0.4, -0.2) is 45.5 Å². The first-order valence-electron chi connectivity index (χ1n) is 9.52. The van der Waals surface area contributed by atoms with Gasteiger partial charge in [0.15, 0.2) is 0 Å². The molecular formula is C21H24ClN5. The number of hydrogen-bond acceptors (Lipinski definition) is 5. The largest absolute Gasteiger partial charge is 0.350 e. The van der Waals surface area contributed by atoms with Crippen LogP contribution in [-0.2, 0) is 6.54 Å². The van der Waals surface area contributed by atoms with Crippen LogP contribution in [0.5, 0.6) is 0 Å². The van der Waals surface area contributed by atoms with E-state index < -0.39 is 0 Å². The third kappa shape index (κ3) is 4.04. The molecule has 2 aromatic heterocycles. The number of benzene rings is 1. The van der Waals surface area contributed by atoms with Crippen LogP contribution in [0.1, 0.15) is 25.3 Å². The number of likely N-dealkylation sites (N-methyl/N-ethyl adjacent to an activating group) is 1. The fourth-order valence-electron chi connectivity index (χ4n) is 3.98. The topological polar surface area (TPSA) is 45.2 Å². The second-order valence-corrected chi connectivity index (χ2v) is 7.46. The summed E-state index contributed by atoms with van der Waals surface area (Å²) in [5.41, 5.74) is 2.11. The smallest absolute Gasteiger partial charge is 0.140 e. The van der Waals surface area contributed by atoms with Crippen LogP contribution < -0.4 is 4.90 Å². The van der Waals surface area contributed by atoms with Gasteiger partial charge in [-0.1, -0.05) is 18.5 Å². The van der Waals surface area contributed by atoms with Gasteiger partial charge in [0.1, 0.15) is 12.1 Å². The molecule has 0 aliphatic carbocycles. The molecule has 140 valence electrons. The zero-order valence-corrected chi connectivity index (χ0v) is 16.3. The first kappa shape index (κ1) is 18.1. The number of anilines is 1. The molecule has 0 saturated carbocycles. The van der Waals surface area contributed by atoms with Gasteiger partial charge in [-0.15, -0.1) is 0 Å². The second kappa shape index (κ2) is 8.19. The fraction of sp³-hybridized carbons (Fsp3) is 0.381. The van der Waals surface area contributed by atoms with Gasteiger partial charge < -0.3 is 4.90 Å². The Balaban J connectivity index is 1.71. The van der Waals surface area contributed by atoms with E-state index in [1.807, 2.05) is 30.6 Å². The number of fused-ring (bicyclic) bond motifs is 1. The van der Waals surface area contributed by atoms with Gasteiger partial charge in [-0.3, -0.25) is 9.88 Å². The van der Waals surface area contributed by atoms with Crippen molar-refractivity contribution < 1.29 is 0 Å². The molecule has 1 aliphatic heterocycles. The summed E-state index contributed by atoms with van der Waals surface area (Å²) in [5.74, 6) is 0.969. The molecule has 3 aromatic rings. The predicted octanol–water partition coefficient (Wildman–Crippen LogP) is 4.17. The van der Waals surface area contributed by atoms with Gasteiger partial charge in [0.05, 0.1) is 5.52 Å². The van der Waals surface area contributed by atoms with Crippen molar-refractivity contribution in [2.75, 3.05) is 24.5 Å². The molecule has 3 heterocycles. The van der Waals surface area contributed by atoms with Gasteiger partial charge in [0, 0.05) is 41.9 Å². The van der Waals surface area contributed by atoms with E-state index in [2.05, 4.69) is 43.8 Å². The predicted molar refractivity (Wildman–Crippen MR) is 110 cm³/mol. The van der Waals surface area contributed by atoms with Crippen molar-refractivity contribution in [3.8, 4) is 0 Å². The lowest BCUT2D eigenvalue weighted by molar-refractivity contribution is 0.268. The lowest BCUT2D eigenvalue weighted by Gasteiger charge is -2.31. The van der Waals surface area contributed by atoms with Gasteiger partial charge in [-0.05, 0) is 61.8 Å². The molecule has 6 heteroatoms. The van der Waals surface area contributed by atoms with Gasteiger partial charge in [0.25, 0.3) is 0 Å². The van der Waals surface area contributed by atoms with Crippen LogP contribution in [0.25, 0.3) is 10.9 Å². The average molecular weight is 382 g/mol. The van der Waals surface area contributed by atoms with E-state index >= 15 is 0 Å². The molecule has 0 bridgehead atoms. The second-order valence-electron chi connectivity index (χ2n) is 7.02. The Morgan fingerprint density at radius 2 is 2.04 bits per heavy atom. The Kier molecular flexibility index (Phi) is 5.50. The maximum atomic E-state index is 6.17. The molecule has 0 radical (unpaired) electrons. The van der Waals surface area contributed by atoms with E-state index in [0.717, 1.165) is 36.4 Å². The number of halogens is 1. The molecule has 1 unspecified atom stereocenters. The number of hydrogen-bond donors (Lipinski definition) is 0. The van der Waals surface area contributed by atoms with E-state index in [1.54, 1.807) is 6.33 Å². The summed E-state index contributed by atoms with van der Waals surface area (Å²) in [5, 5.41) is 1.73. The highest BCUT2D eigenvalue weighted by Crippen LogP contribution is 2.28. The van der Waals surface area contributed by atoms with Crippen LogP contribution >= 0.6 is 11.6 Å². The summed E-state index contributed by atoms with van der Waals surface area (Å²) >= 11 is 6.17. The van der Waals surface area contributed by atoms with Crippen LogP contribution in [0.2, 0.25) is 5.02 Å². The summed E-state index contributed by atoms with van der Waals surface area (Å²) in [6, 6.07) is 10.5. The third-order valence-corrected chi connectivity index (χ3v) is 5.57. The van der Waals surface area contributed by atoms with Crippen LogP contribution in [0.15, 0.2) is 49.1 Å². The molecule has 1 aromatic carbocycles. The lowest BCUT2D eigenvalue weighted by atomic mass is 10.1. The van der Waals surface area contributed by atoms with E-state index in [4.69, 9.17) is 11.6 Å². The van der Waals surface area contributed by atoms with E-state index in [-0.39, 0.29) is 0 Å². The van der Waals surface area contributed by atoms with Gasteiger partial charge in [0.2, 0.25) is 0 Å². The van der Waals surface area contributed by atoms with Crippen LogP contribution in [0.3, 0.4) is 0 Å². The molecule has 0 spiro atoms. The number of pyridine rings is 1. The van der Waals surface area contributed by atoms with Crippen molar-refractivity contribution in [1.29, 1.82) is 0 Å². The minimum absolute atomic E-state index is 0.550. The molecule has 0 N–H and O–H groups in total. The summed E-state index contributed by atoms with van der Waals surface area (Å²) in [6.45, 7) is 6.27. The molecule has 0 amide bonds. The Hall–Kier alpha value is -2.24. The first-order valence-corrected chi connectivity index (χ1v) is 9.90. The minimum atomic E-state index is 0.550. The van der Waals surface area contributed by atoms with Crippen LogP contribution in [0, 0.1) is 0 Å². The van der Waals surface area contributed by atoms with Crippen molar-refractivity contribution in [3.63, 3.8) is 0 Å². The maximum Gasteiger partial charge on any atom is 0.140 e. The Morgan fingerprint density at radius 3 is 2.85 bits per heavy atom. The normalized spacial score (nSPS) is 17.5. The van der Waals surface area contributed by atoms with Gasteiger partial charge in [-0.2, -0.15) is 0 Å². The van der Waals surface area contributed by atoms with E-state index in [9.17, 15) is 0 Å². The fourth-order valence-corrected chi connectivity index (χ4v) is 4.14. The number of aromatic nitrogens is 3. The van der Waals surface area contributed by atoms with Gasteiger partial charge >= 0.3 is 0 Å². The number of rotatable bonds is 6. The van der Waals surface area contributed by atoms with E-state index in [0.29, 0.717) is 11.1 Å². The molecule has 5 nitrogen and oxygen atoms in total. The van der Waals surface area contributed by atoms with Crippen molar-refractivity contribution in [3.05, 3.63) is 59.6 Å². The number of nitrogens with zero attached hydrogens (tertiary/aromatic N) is 5. The Labute approximate surface area is 165 Å². The zero-order valence-electron chi connectivity index (χ0n) is 15.6. The number of likely N-dealkylation sites (tertiary alicyclic amines) is 1. The summed E-state index contributed by atoms with van der Waals surface area (Å²) in [6.07, 6.45) is 7.83. The van der Waals surface area contributed by atoms with Crippen molar-refractivity contribution in [2.24, 2.45) is 0 Å². The quantitative estimate of drug-likeness (QED) is 0.641. The van der Waals surface area contributed by atoms with Crippen molar-refractivity contribution in [2.45, 2.75) is 32.4 Å². The lowest BCUT2D eigenvalue weighted by Crippen LogP contribution is -2.40. The third-order valence-electron chi connectivity index (χ3n) is 5.34. The van der Waals surface area contributed by atoms with Crippen molar-refractivity contribution in [1.82, 2.24) is 19.9 Å². The Morgan fingerprint density at radius 1 is 1.19 bits per heavy atom. The highest BCUT2D eigenvalue weighted by atomic mass is 35.5. The molecule has 1 aliphatic rings.